The van der Waals surface area contributed by atoms with Gasteiger partial charge in [-0.3, -0.25) is 4.79 Å². The minimum Gasteiger partial charge on any atom is -0.394 e. The largest absolute Gasteiger partial charge is 0.394 e. The number of imidazole rings is 1. The molecule has 0 radical (unpaired) electrons. The van der Waals surface area contributed by atoms with Crippen molar-refractivity contribution in [3.05, 3.63) is 54.0 Å². The maximum atomic E-state index is 12.5. The van der Waals surface area contributed by atoms with E-state index >= 15 is 0 Å². The Hall–Kier alpha value is -3.19. The van der Waals surface area contributed by atoms with Crippen molar-refractivity contribution >= 4 is 11.7 Å². The van der Waals surface area contributed by atoms with E-state index in [1.54, 1.807) is 18.6 Å². The quantitative estimate of drug-likeness (QED) is 0.482. The molecule has 7 heteroatoms. The van der Waals surface area contributed by atoms with Crippen LogP contribution in [-0.4, -0.2) is 44.2 Å². The minimum atomic E-state index is -0.535. The maximum Gasteiger partial charge on any atom is 0.251 e. The molecule has 0 aliphatic heterocycles. The Bertz CT molecular complexity index is 1060. The molecule has 0 atom stereocenters. The van der Waals surface area contributed by atoms with Crippen LogP contribution in [0.2, 0.25) is 0 Å². The van der Waals surface area contributed by atoms with Gasteiger partial charge in [0.25, 0.3) is 5.91 Å². The lowest BCUT2D eigenvalue weighted by Crippen LogP contribution is -2.35. The summed E-state index contributed by atoms with van der Waals surface area (Å²) in [4.78, 5) is 24.7. The Labute approximate surface area is 176 Å². The zero-order valence-electron chi connectivity index (χ0n) is 17.5. The normalized spacial score (nSPS) is 13.9. The molecular weight excluding hydrogens is 378 g/mol. The van der Waals surface area contributed by atoms with E-state index in [4.69, 9.17) is 0 Å². The third-order valence-electron chi connectivity index (χ3n) is 5.22. The van der Waals surface area contributed by atoms with E-state index in [1.165, 1.54) is 0 Å². The molecule has 156 valence electrons. The van der Waals surface area contributed by atoms with Gasteiger partial charge in [-0.05, 0) is 62.9 Å². The number of aromatic nitrogens is 3. The number of aliphatic hydroxyl groups excluding tert-OH is 1. The van der Waals surface area contributed by atoms with Gasteiger partial charge in [-0.25, -0.2) is 9.97 Å². The summed E-state index contributed by atoms with van der Waals surface area (Å²) >= 11 is 0. The van der Waals surface area contributed by atoms with Gasteiger partial charge in [0.2, 0.25) is 0 Å². The number of aliphatic hydroxyl groups is 1. The average Bonchev–Trinajstić information content (AvgIpc) is 3.37. The van der Waals surface area contributed by atoms with Crippen LogP contribution in [-0.2, 0) is 0 Å². The van der Waals surface area contributed by atoms with E-state index in [-0.39, 0.29) is 12.5 Å². The van der Waals surface area contributed by atoms with Crippen LogP contribution in [0.15, 0.2) is 42.9 Å². The monoisotopic (exact) mass is 405 g/mol. The summed E-state index contributed by atoms with van der Waals surface area (Å²) in [5, 5.41) is 16.0. The number of aromatic amines is 1. The lowest BCUT2D eigenvalue weighted by atomic mass is 9.97. The Morgan fingerprint density at radius 1 is 1.23 bits per heavy atom. The van der Waals surface area contributed by atoms with Gasteiger partial charge in [0.15, 0.2) is 0 Å². The Morgan fingerprint density at radius 3 is 2.70 bits per heavy atom. The fourth-order valence-electron chi connectivity index (χ4n) is 3.24. The van der Waals surface area contributed by atoms with E-state index in [2.05, 4.69) is 25.6 Å². The highest BCUT2D eigenvalue weighted by Crippen LogP contribution is 2.32. The van der Waals surface area contributed by atoms with Gasteiger partial charge < -0.3 is 20.7 Å². The van der Waals surface area contributed by atoms with Gasteiger partial charge >= 0.3 is 0 Å². The Morgan fingerprint density at radius 2 is 2.03 bits per heavy atom. The molecule has 1 aliphatic carbocycles. The SMILES string of the molecule is Cc1ccc(C(=O)NC2CC2)cc1-c1cnc(NC(C)(C)CO)c(-c2ncc[nH]2)c1. The molecule has 4 rings (SSSR count). The molecule has 3 aromatic rings. The van der Waals surface area contributed by atoms with Gasteiger partial charge in [-0.2, -0.15) is 0 Å². The van der Waals surface area contributed by atoms with Gasteiger partial charge in [-0.1, -0.05) is 6.07 Å². The highest BCUT2D eigenvalue weighted by molar-refractivity contribution is 5.96. The summed E-state index contributed by atoms with van der Waals surface area (Å²) in [7, 11) is 0. The third-order valence-corrected chi connectivity index (χ3v) is 5.22. The zero-order valence-corrected chi connectivity index (χ0v) is 17.5. The van der Waals surface area contributed by atoms with Crippen LogP contribution in [0.4, 0.5) is 5.82 Å². The molecule has 4 N–H and O–H groups in total. The Kier molecular flexibility index (Phi) is 5.30. The second-order valence-corrected chi connectivity index (χ2v) is 8.50. The summed E-state index contributed by atoms with van der Waals surface area (Å²) < 4.78 is 0. The average molecular weight is 406 g/mol. The van der Waals surface area contributed by atoms with Crippen LogP contribution < -0.4 is 10.6 Å². The van der Waals surface area contributed by atoms with Crippen molar-refractivity contribution in [3.8, 4) is 22.5 Å². The number of hydrogen-bond donors (Lipinski definition) is 4. The first kappa shape index (κ1) is 20.1. The number of pyridine rings is 1. The molecule has 1 amide bonds. The van der Waals surface area contributed by atoms with Gasteiger partial charge in [0, 0.05) is 35.8 Å². The predicted octanol–water partition coefficient (Wildman–Crippen LogP) is 3.52. The molecule has 0 spiro atoms. The highest BCUT2D eigenvalue weighted by Gasteiger charge is 2.24. The topological polar surface area (TPSA) is 103 Å². The van der Waals surface area contributed by atoms with Crippen molar-refractivity contribution in [3.63, 3.8) is 0 Å². The fourth-order valence-corrected chi connectivity index (χ4v) is 3.24. The van der Waals surface area contributed by atoms with Crippen molar-refractivity contribution in [2.75, 3.05) is 11.9 Å². The third kappa shape index (κ3) is 4.36. The molecule has 0 unspecified atom stereocenters. The van der Waals surface area contributed by atoms with Gasteiger partial charge in [-0.15, -0.1) is 0 Å². The molecule has 2 heterocycles. The molecule has 1 aliphatic rings. The van der Waals surface area contributed by atoms with Crippen molar-refractivity contribution in [2.24, 2.45) is 0 Å². The molecule has 1 aromatic carbocycles. The first-order valence-electron chi connectivity index (χ1n) is 10.2. The van der Waals surface area contributed by atoms with Crippen molar-refractivity contribution in [2.45, 2.75) is 45.2 Å². The van der Waals surface area contributed by atoms with Crippen molar-refractivity contribution in [1.82, 2.24) is 20.3 Å². The molecule has 1 saturated carbocycles. The van der Waals surface area contributed by atoms with Crippen molar-refractivity contribution < 1.29 is 9.90 Å². The summed E-state index contributed by atoms with van der Waals surface area (Å²) in [6.07, 6.45) is 7.35. The number of carbonyl (C=O) groups excluding carboxylic acids is 1. The van der Waals surface area contributed by atoms with Crippen LogP contribution in [0, 0.1) is 6.92 Å². The number of hydrogen-bond acceptors (Lipinski definition) is 5. The number of aryl methyl sites for hydroxylation is 1. The number of amides is 1. The van der Waals surface area contributed by atoms with E-state index in [1.807, 2.05) is 45.0 Å². The summed E-state index contributed by atoms with van der Waals surface area (Å²) in [6, 6.07) is 8.06. The van der Waals surface area contributed by atoms with E-state index < -0.39 is 5.54 Å². The maximum absolute atomic E-state index is 12.5. The highest BCUT2D eigenvalue weighted by atomic mass is 16.3. The number of carbonyl (C=O) groups is 1. The van der Waals surface area contributed by atoms with E-state index in [9.17, 15) is 9.90 Å². The molecule has 0 saturated heterocycles. The lowest BCUT2D eigenvalue weighted by molar-refractivity contribution is 0.0951. The fraction of sp³-hybridized carbons (Fsp3) is 0.348. The second kappa shape index (κ2) is 7.91. The first-order valence-corrected chi connectivity index (χ1v) is 10.2. The molecule has 0 bridgehead atoms. The summed E-state index contributed by atoms with van der Waals surface area (Å²) in [5.41, 5.74) is 3.81. The van der Waals surface area contributed by atoms with E-state index in [0.717, 1.165) is 35.1 Å². The number of nitrogens with zero attached hydrogens (tertiary/aromatic N) is 2. The zero-order chi connectivity index (χ0) is 21.3. The second-order valence-electron chi connectivity index (χ2n) is 8.50. The van der Waals surface area contributed by atoms with Gasteiger partial charge in [0.05, 0.1) is 17.7 Å². The first-order chi connectivity index (χ1) is 14.4. The molecule has 1 fully saturated rings. The van der Waals surface area contributed by atoms with Crippen LogP contribution >= 0.6 is 0 Å². The van der Waals surface area contributed by atoms with E-state index in [0.29, 0.717) is 23.2 Å². The molecule has 2 aromatic heterocycles. The van der Waals surface area contributed by atoms with Crippen LogP contribution in [0.25, 0.3) is 22.5 Å². The lowest BCUT2D eigenvalue weighted by Gasteiger charge is -2.25. The van der Waals surface area contributed by atoms with Crippen LogP contribution in [0.3, 0.4) is 0 Å². The number of H-pyrrole nitrogens is 1. The molecular formula is C23H27N5O2. The molecule has 30 heavy (non-hydrogen) atoms. The number of rotatable bonds is 7. The number of benzene rings is 1. The Balaban J connectivity index is 1.74. The summed E-state index contributed by atoms with van der Waals surface area (Å²) in [6.45, 7) is 5.79. The predicted molar refractivity (Wildman–Crippen MR) is 117 cm³/mol. The minimum absolute atomic E-state index is 0.0364. The smallest absolute Gasteiger partial charge is 0.251 e. The summed E-state index contributed by atoms with van der Waals surface area (Å²) in [5.74, 6) is 1.27. The molecule has 7 nitrogen and oxygen atoms in total. The van der Waals surface area contributed by atoms with Crippen LogP contribution in [0.5, 0.6) is 0 Å². The number of nitrogens with one attached hydrogen (secondary N) is 3. The van der Waals surface area contributed by atoms with Gasteiger partial charge in [0.1, 0.15) is 11.6 Å². The van der Waals surface area contributed by atoms with Crippen molar-refractivity contribution in [1.29, 1.82) is 0 Å². The number of anilines is 1. The van der Waals surface area contributed by atoms with Crippen LogP contribution in [0.1, 0.15) is 42.6 Å². The standard InChI is InChI=1S/C23H27N5O2/c1-14-4-5-15(22(30)27-17-6-7-17)10-18(14)16-11-19(20-24-8-9-25-20)21(26-12-16)28-23(2,3)13-29/h4-5,8-12,17,29H,6-7,13H2,1-3H3,(H,24,25)(H,26,28)(H,27,30).